The van der Waals surface area contributed by atoms with Crippen LogP contribution in [0.2, 0.25) is 0 Å². The molecule has 2 aliphatic carbocycles. The number of hydrogen-bond acceptors (Lipinski definition) is 2. The summed E-state index contributed by atoms with van der Waals surface area (Å²) in [5.74, 6) is 2.69. The standard InChI is InChI=1S/C16H31NO/c1-12-6-7-16(13(2)10-12)14(15(16,3)4)11-17-8-9-18-5/h12-14,17H,6-11H2,1-5H3. The Morgan fingerprint density at radius 1 is 1.28 bits per heavy atom. The molecule has 2 fully saturated rings. The molecular weight excluding hydrogens is 222 g/mol. The number of methoxy groups -OCH3 is 1. The first-order valence-electron chi connectivity index (χ1n) is 7.66. The molecule has 0 bridgehead atoms. The smallest absolute Gasteiger partial charge is 0.0587 e. The van der Waals surface area contributed by atoms with Gasteiger partial charge in [-0.2, -0.15) is 0 Å². The molecule has 1 spiro atoms. The van der Waals surface area contributed by atoms with E-state index in [1.165, 1.54) is 25.8 Å². The normalized spacial score (nSPS) is 42.2. The fourth-order valence-electron chi connectivity index (χ4n) is 5.00. The van der Waals surface area contributed by atoms with Crippen LogP contribution < -0.4 is 5.32 Å². The van der Waals surface area contributed by atoms with Crippen LogP contribution >= 0.6 is 0 Å². The molecule has 0 amide bonds. The third kappa shape index (κ3) is 2.12. The molecule has 2 rings (SSSR count). The SMILES string of the molecule is COCCNCC1C(C)(C)C12CCC(C)CC2C. The van der Waals surface area contributed by atoms with E-state index >= 15 is 0 Å². The van der Waals surface area contributed by atoms with E-state index in [4.69, 9.17) is 4.74 Å². The monoisotopic (exact) mass is 253 g/mol. The van der Waals surface area contributed by atoms with Gasteiger partial charge in [-0.25, -0.2) is 0 Å². The highest BCUT2D eigenvalue weighted by Crippen LogP contribution is 2.76. The molecule has 0 saturated heterocycles. The molecule has 2 aliphatic rings. The molecule has 106 valence electrons. The number of nitrogens with one attached hydrogen (secondary N) is 1. The number of ether oxygens (including phenoxy) is 1. The fraction of sp³-hybridized carbons (Fsp3) is 1.00. The third-order valence-corrected chi connectivity index (χ3v) is 6.13. The van der Waals surface area contributed by atoms with Gasteiger partial charge in [-0.05, 0) is 48.0 Å². The molecule has 0 aromatic rings. The van der Waals surface area contributed by atoms with Crippen molar-refractivity contribution in [3.05, 3.63) is 0 Å². The van der Waals surface area contributed by atoms with Crippen LogP contribution in [0.1, 0.15) is 47.0 Å². The Kier molecular flexibility index (Phi) is 4.08. The first-order valence-corrected chi connectivity index (χ1v) is 7.66. The van der Waals surface area contributed by atoms with E-state index in [-0.39, 0.29) is 0 Å². The summed E-state index contributed by atoms with van der Waals surface area (Å²) in [5, 5.41) is 3.58. The van der Waals surface area contributed by atoms with Crippen LogP contribution in [0.5, 0.6) is 0 Å². The van der Waals surface area contributed by atoms with E-state index in [9.17, 15) is 0 Å². The van der Waals surface area contributed by atoms with Gasteiger partial charge in [-0.1, -0.05) is 34.1 Å². The minimum Gasteiger partial charge on any atom is -0.383 e. The van der Waals surface area contributed by atoms with Gasteiger partial charge in [0.05, 0.1) is 6.61 Å². The van der Waals surface area contributed by atoms with Gasteiger partial charge in [0, 0.05) is 13.7 Å². The minimum atomic E-state index is 0.534. The number of rotatable bonds is 5. The van der Waals surface area contributed by atoms with Gasteiger partial charge in [0.25, 0.3) is 0 Å². The zero-order chi connectivity index (χ0) is 13.4. The maximum atomic E-state index is 5.11. The highest BCUT2D eigenvalue weighted by molar-refractivity contribution is 5.20. The lowest BCUT2D eigenvalue weighted by Gasteiger charge is -2.36. The second-order valence-corrected chi connectivity index (χ2v) is 7.29. The van der Waals surface area contributed by atoms with E-state index in [0.717, 1.165) is 30.9 Å². The van der Waals surface area contributed by atoms with Crippen LogP contribution in [0.25, 0.3) is 0 Å². The number of hydrogen-bond donors (Lipinski definition) is 1. The summed E-state index contributed by atoms with van der Waals surface area (Å²) in [6.07, 6.45) is 4.30. The average Bonchev–Trinajstić information content (AvgIpc) is 2.77. The summed E-state index contributed by atoms with van der Waals surface area (Å²) in [7, 11) is 1.77. The van der Waals surface area contributed by atoms with E-state index in [0.29, 0.717) is 10.8 Å². The second kappa shape index (κ2) is 5.13. The van der Waals surface area contributed by atoms with Crippen molar-refractivity contribution in [2.75, 3.05) is 26.8 Å². The third-order valence-electron chi connectivity index (χ3n) is 6.13. The van der Waals surface area contributed by atoms with E-state index in [1.54, 1.807) is 7.11 Å². The average molecular weight is 253 g/mol. The molecule has 4 unspecified atom stereocenters. The zero-order valence-electron chi connectivity index (χ0n) is 12.9. The maximum Gasteiger partial charge on any atom is 0.0587 e. The van der Waals surface area contributed by atoms with Crippen molar-refractivity contribution >= 4 is 0 Å². The fourth-order valence-corrected chi connectivity index (χ4v) is 5.00. The van der Waals surface area contributed by atoms with Crippen molar-refractivity contribution in [2.45, 2.75) is 47.0 Å². The topological polar surface area (TPSA) is 21.3 Å². The molecule has 0 radical (unpaired) electrons. The highest BCUT2D eigenvalue weighted by atomic mass is 16.5. The Morgan fingerprint density at radius 2 is 2.00 bits per heavy atom. The van der Waals surface area contributed by atoms with Crippen LogP contribution in [0.15, 0.2) is 0 Å². The predicted molar refractivity (Wildman–Crippen MR) is 76.6 cm³/mol. The van der Waals surface area contributed by atoms with Gasteiger partial charge in [0.2, 0.25) is 0 Å². The van der Waals surface area contributed by atoms with Crippen LogP contribution in [0, 0.1) is 28.6 Å². The van der Waals surface area contributed by atoms with Gasteiger partial charge in [-0.3, -0.25) is 0 Å². The van der Waals surface area contributed by atoms with Crippen molar-refractivity contribution in [1.82, 2.24) is 5.32 Å². The molecule has 0 aromatic carbocycles. The highest BCUT2D eigenvalue weighted by Gasteiger charge is 2.72. The molecule has 1 N–H and O–H groups in total. The largest absolute Gasteiger partial charge is 0.383 e. The Morgan fingerprint density at radius 3 is 2.61 bits per heavy atom. The lowest BCUT2D eigenvalue weighted by atomic mass is 9.69. The first-order chi connectivity index (χ1) is 8.46. The van der Waals surface area contributed by atoms with Crippen molar-refractivity contribution in [2.24, 2.45) is 28.6 Å². The minimum absolute atomic E-state index is 0.534. The summed E-state index contributed by atoms with van der Waals surface area (Å²) >= 11 is 0. The maximum absolute atomic E-state index is 5.11. The molecule has 2 heteroatoms. The molecule has 0 aliphatic heterocycles. The van der Waals surface area contributed by atoms with Gasteiger partial charge in [0.15, 0.2) is 0 Å². The quantitative estimate of drug-likeness (QED) is 0.759. The van der Waals surface area contributed by atoms with E-state index < -0.39 is 0 Å². The molecule has 2 nitrogen and oxygen atoms in total. The molecule has 0 aromatic heterocycles. The molecular formula is C16H31NO. The Hall–Kier alpha value is -0.0800. The van der Waals surface area contributed by atoms with Crippen molar-refractivity contribution in [3.8, 4) is 0 Å². The Bertz CT molecular complexity index is 289. The Balaban J connectivity index is 1.92. The van der Waals surface area contributed by atoms with Crippen molar-refractivity contribution < 1.29 is 4.74 Å². The van der Waals surface area contributed by atoms with Crippen LogP contribution in [-0.2, 0) is 4.74 Å². The summed E-state index contributed by atoms with van der Waals surface area (Å²) in [5.41, 5.74) is 1.16. The van der Waals surface area contributed by atoms with Gasteiger partial charge < -0.3 is 10.1 Å². The van der Waals surface area contributed by atoms with Gasteiger partial charge in [0.1, 0.15) is 0 Å². The molecule has 18 heavy (non-hydrogen) atoms. The predicted octanol–water partition coefficient (Wildman–Crippen LogP) is 3.32. The molecule has 2 saturated carbocycles. The van der Waals surface area contributed by atoms with Gasteiger partial charge in [-0.15, -0.1) is 0 Å². The van der Waals surface area contributed by atoms with Crippen molar-refractivity contribution in [1.29, 1.82) is 0 Å². The van der Waals surface area contributed by atoms with E-state index in [2.05, 4.69) is 33.0 Å². The lowest BCUT2D eigenvalue weighted by molar-refractivity contribution is 0.137. The van der Waals surface area contributed by atoms with Gasteiger partial charge >= 0.3 is 0 Å². The summed E-state index contributed by atoms with van der Waals surface area (Å²) in [4.78, 5) is 0. The summed E-state index contributed by atoms with van der Waals surface area (Å²) in [6.45, 7) is 12.9. The lowest BCUT2D eigenvalue weighted by Crippen LogP contribution is -2.29. The van der Waals surface area contributed by atoms with Crippen LogP contribution in [-0.4, -0.2) is 26.8 Å². The summed E-state index contributed by atoms with van der Waals surface area (Å²) in [6, 6.07) is 0. The summed E-state index contributed by atoms with van der Waals surface area (Å²) < 4.78 is 5.11. The van der Waals surface area contributed by atoms with Crippen LogP contribution in [0.4, 0.5) is 0 Å². The van der Waals surface area contributed by atoms with Crippen LogP contribution in [0.3, 0.4) is 0 Å². The second-order valence-electron chi connectivity index (χ2n) is 7.29. The first kappa shape index (κ1) is 14.3. The Labute approximate surface area is 113 Å². The van der Waals surface area contributed by atoms with E-state index in [1.807, 2.05) is 0 Å². The van der Waals surface area contributed by atoms with Crippen molar-refractivity contribution in [3.63, 3.8) is 0 Å². The zero-order valence-corrected chi connectivity index (χ0v) is 12.9. The molecule has 0 heterocycles. The molecule has 4 atom stereocenters.